The van der Waals surface area contributed by atoms with Crippen LogP contribution < -0.4 is 43.0 Å². The first kappa shape index (κ1) is 56.5. The summed E-state index contributed by atoms with van der Waals surface area (Å²) in [5.74, 6) is -9.15. The molecule has 1 heterocycles. The van der Waals surface area contributed by atoms with Crippen molar-refractivity contribution in [2.24, 2.45) is 29.4 Å². The molecule has 8 atom stereocenters. The van der Waals surface area contributed by atoms with Crippen LogP contribution in [0.2, 0.25) is 0 Å². The second-order valence-corrected chi connectivity index (χ2v) is 18.9. The third-order valence-electron chi connectivity index (χ3n) is 11.5. The van der Waals surface area contributed by atoms with E-state index < -0.39 is 119 Å². The van der Waals surface area contributed by atoms with E-state index in [2.05, 4.69) is 42.2 Å². The van der Waals surface area contributed by atoms with E-state index >= 15 is 0 Å². The van der Waals surface area contributed by atoms with Crippen molar-refractivity contribution in [3.63, 3.8) is 0 Å². The molecule has 20 nitrogen and oxygen atoms in total. The summed E-state index contributed by atoms with van der Waals surface area (Å²) in [4.78, 5) is 122. The molecule has 3 aromatic rings. The van der Waals surface area contributed by atoms with Crippen LogP contribution in [-0.2, 0) is 56.0 Å². The first-order chi connectivity index (χ1) is 32.4. The molecular weight excluding hydrogens is 891 g/mol. The molecule has 20 heteroatoms. The van der Waals surface area contributed by atoms with E-state index in [1.165, 1.54) is 6.92 Å². The van der Waals surface area contributed by atoms with Crippen LogP contribution in [-0.4, -0.2) is 117 Å². The van der Waals surface area contributed by atoms with E-state index in [-0.39, 0.29) is 38.0 Å². The number of carboxylic acids is 2. The molecule has 0 aliphatic rings. The molecular formula is C49H71N9O11. The Labute approximate surface area is 402 Å². The number of aromatic amines is 1. The monoisotopic (exact) mass is 962 g/mol. The summed E-state index contributed by atoms with van der Waals surface area (Å²) in [6, 6.07) is 6.37. The maximum absolute atomic E-state index is 14.1. The molecule has 0 saturated carbocycles. The topological polar surface area (TPSA) is 320 Å². The minimum absolute atomic E-state index is 0.00669. The number of carboxylic acid groups (broad SMARTS) is 2. The van der Waals surface area contributed by atoms with Crippen molar-refractivity contribution in [1.29, 1.82) is 0 Å². The third kappa shape index (κ3) is 17.6. The van der Waals surface area contributed by atoms with Crippen LogP contribution >= 0.6 is 0 Å². The van der Waals surface area contributed by atoms with Crippen molar-refractivity contribution >= 4 is 64.2 Å². The number of fused-ring (bicyclic) bond motifs is 1. The molecule has 1 aromatic heterocycles. The van der Waals surface area contributed by atoms with Gasteiger partial charge in [-0.3, -0.25) is 38.4 Å². The Morgan fingerprint density at radius 1 is 0.536 bits per heavy atom. The molecule has 0 aliphatic heterocycles. The molecule has 7 amide bonds. The zero-order valence-corrected chi connectivity index (χ0v) is 40.9. The maximum Gasteiger partial charge on any atom is 0.326 e. The molecule has 2 aromatic carbocycles. The lowest BCUT2D eigenvalue weighted by Crippen LogP contribution is -2.61. The minimum Gasteiger partial charge on any atom is -0.481 e. The lowest BCUT2D eigenvalue weighted by Gasteiger charge is -2.29. The van der Waals surface area contributed by atoms with Gasteiger partial charge in [-0.1, -0.05) is 104 Å². The van der Waals surface area contributed by atoms with Crippen molar-refractivity contribution < 1.29 is 53.4 Å². The van der Waals surface area contributed by atoms with Gasteiger partial charge in [-0.25, -0.2) is 4.79 Å². The molecule has 3 rings (SSSR count). The number of nitrogens with one attached hydrogen (secondary N) is 8. The molecule has 0 fully saturated rings. The van der Waals surface area contributed by atoms with Gasteiger partial charge in [0.2, 0.25) is 41.4 Å². The summed E-state index contributed by atoms with van der Waals surface area (Å²) < 4.78 is 0. The van der Waals surface area contributed by atoms with Crippen LogP contribution in [0.25, 0.3) is 10.9 Å². The Morgan fingerprint density at radius 2 is 1.01 bits per heavy atom. The molecule has 0 unspecified atom stereocenters. The number of aromatic nitrogens is 1. The van der Waals surface area contributed by atoms with E-state index in [9.17, 15) is 48.3 Å². The highest BCUT2D eigenvalue weighted by atomic mass is 16.4. The smallest absolute Gasteiger partial charge is 0.326 e. The van der Waals surface area contributed by atoms with Crippen LogP contribution in [0.1, 0.15) is 92.7 Å². The van der Waals surface area contributed by atoms with Gasteiger partial charge in [-0.2, -0.15) is 0 Å². The number of rotatable bonds is 27. The highest BCUT2D eigenvalue weighted by Gasteiger charge is 2.36. The van der Waals surface area contributed by atoms with Gasteiger partial charge in [0.05, 0.1) is 6.04 Å². The van der Waals surface area contributed by atoms with Gasteiger partial charge in [0.15, 0.2) is 0 Å². The fourth-order valence-electron chi connectivity index (χ4n) is 7.45. The van der Waals surface area contributed by atoms with Gasteiger partial charge in [-0.15, -0.1) is 0 Å². The first-order valence-electron chi connectivity index (χ1n) is 23.3. The van der Waals surface area contributed by atoms with Crippen molar-refractivity contribution in [2.75, 3.05) is 0 Å². The molecule has 0 bridgehead atoms. The fourth-order valence-corrected chi connectivity index (χ4v) is 7.45. The molecule has 378 valence electrons. The fraction of sp³-hybridized carbons (Fsp3) is 0.531. The summed E-state index contributed by atoms with van der Waals surface area (Å²) in [6.45, 7) is 15.1. The van der Waals surface area contributed by atoms with E-state index in [4.69, 9.17) is 10.8 Å². The lowest BCUT2D eigenvalue weighted by atomic mass is 9.98. The summed E-state index contributed by atoms with van der Waals surface area (Å²) >= 11 is 0. The third-order valence-corrected chi connectivity index (χ3v) is 11.5. The first-order valence-corrected chi connectivity index (χ1v) is 23.3. The van der Waals surface area contributed by atoms with Crippen LogP contribution in [0.4, 0.5) is 0 Å². The van der Waals surface area contributed by atoms with Crippen LogP contribution in [0.5, 0.6) is 0 Å². The molecule has 69 heavy (non-hydrogen) atoms. The van der Waals surface area contributed by atoms with Gasteiger partial charge in [0.25, 0.3) is 0 Å². The van der Waals surface area contributed by atoms with Crippen molar-refractivity contribution in [3.05, 3.63) is 71.9 Å². The Hall–Kier alpha value is -6.83. The molecule has 0 saturated heterocycles. The highest BCUT2D eigenvalue weighted by Crippen LogP contribution is 2.20. The number of benzene rings is 2. The largest absolute Gasteiger partial charge is 0.481 e. The van der Waals surface area contributed by atoms with Gasteiger partial charge >= 0.3 is 11.9 Å². The normalized spacial score (nSPS) is 14.9. The summed E-state index contributed by atoms with van der Waals surface area (Å²) in [6.07, 6.45) is 1.25. The predicted molar refractivity (Wildman–Crippen MR) is 258 cm³/mol. The number of para-hydroxylation sites is 1. The number of hydrogen-bond acceptors (Lipinski definition) is 10. The lowest BCUT2D eigenvalue weighted by molar-refractivity contribution is -0.142. The molecule has 0 aliphatic carbocycles. The quantitative estimate of drug-likeness (QED) is 0.0520. The Kier molecular flexibility index (Phi) is 21.8. The molecule has 0 spiro atoms. The van der Waals surface area contributed by atoms with E-state index in [1.807, 2.05) is 38.1 Å². The SMILES string of the molecule is CC(C)C[C@H](NC(=O)[C@H](Cc1ccccc1)NC(=O)[C@@H](NC(=O)[C@@H](N)CCC(=O)O)C(C)C)C(=O)N[C@@H](C)C(=O)N[C@H](C(=O)N[C@H](C(=O)N[C@@H](Cc1c[nH]c2ccccc12)C(=O)O)C(C)C)C(C)C. The zero-order valence-electron chi connectivity index (χ0n) is 40.9. The average Bonchev–Trinajstić information content (AvgIpc) is 3.69. The second kappa shape index (κ2) is 26.6. The van der Waals surface area contributed by atoms with E-state index in [0.717, 1.165) is 10.9 Å². The van der Waals surface area contributed by atoms with E-state index in [1.54, 1.807) is 78.1 Å². The molecule has 12 N–H and O–H groups in total. The predicted octanol–water partition coefficient (Wildman–Crippen LogP) is 1.66. The van der Waals surface area contributed by atoms with Crippen LogP contribution in [0, 0.1) is 23.7 Å². The maximum atomic E-state index is 14.1. The van der Waals surface area contributed by atoms with Gasteiger partial charge < -0.3 is 58.1 Å². The van der Waals surface area contributed by atoms with Gasteiger partial charge in [0, 0.05) is 36.4 Å². The van der Waals surface area contributed by atoms with Crippen molar-refractivity contribution in [2.45, 2.75) is 143 Å². The zero-order chi connectivity index (χ0) is 51.7. The number of carbonyl (C=O) groups is 9. The van der Waals surface area contributed by atoms with Crippen LogP contribution in [0.3, 0.4) is 0 Å². The average molecular weight is 962 g/mol. The number of carbonyl (C=O) groups excluding carboxylic acids is 7. The summed E-state index contributed by atoms with van der Waals surface area (Å²) in [5, 5.41) is 38.4. The Morgan fingerprint density at radius 3 is 1.55 bits per heavy atom. The second-order valence-electron chi connectivity index (χ2n) is 18.9. The number of hydrogen-bond donors (Lipinski definition) is 11. The summed E-state index contributed by atoms with van der Waals surface area (Å²) in [5.41, 5.74) is 8.05. The minimum atomic E-state index is -1.32. The van der Waals surface area contributed by atoms with Crippen molar-refractivity contribution in [3.8, 4) is 0 Å². The van der Waals surface area contributed by atoms with Gasteiger partial charge in [-0.05, 0) is 60.6 Å². The van der Waals surface area contributed by atoms with E-state index in [0.29, 0.717) is 11.1 Å². The standard InChI is InChI=1S/C49H71N9O11/c1-25(2)21-35(53-45(64)36(22-30-15-11-10-12-16-30)54-46(65)39(26(3)4)57-43(62)33(50)19-20-38(59)60)44(63)52-29(9)42(61)56-41(28(7)8)48(67)58-40(27(5)6)47(66)55-37(49(68)69)23-31-24-51-34-18-14-13-17-32(31)34/h10-18,24-29,33,35-37,39-41,51H,19-23,50H2,1-9H3,(H,52,63)(H,53,64)(H,54,65)(H,55,66)(H,56,61)(H,57,62)(H,58,67)(H,59,60)(H,68,69)/t29-,33-,35-,36-,37-,39-,40-,41-/m0/s1. The molecule has 0 radical (unpaired) electrons. The Balaban J connectivity index is 1.74. The van der Waals surface area contributed by atoms with Crippen molar-refractivity contribution in [1.82, 2.24) is 42.2 Å². The summed E-state index contributed by atoms with van der Waals surface area (Å²) in [7, 11) is 0. The van der Waals surface area contributed by atoms with Gasteiger partial charge in [0.1, 0.15) is 42.3 Å². The highest BCUT2D eigenvalue weighted by molar-refractivity contribution is 5.98. The number of amides is 7. The number of nitrogens with two attached hydrogens (primary N) is 1. The number of H-pyrrole nitrogens is 1. The van der Waals surface area contributed by atoms with Crippen LogP contribution in [0.15, 0.2) is 60.8 Å². The number of aliphatic carboxylic acids is 2. The Bertz CT molecular complexity index is 2260.